The Hall–Kier alpha value is -0.110. The van der Waals surface area contributed by atoms with Crippen molar-refractivity contribution < 1.29 is 9.60 Å². The zero-order chi connectivity index (χ0) is 12.3. The van der Waals surface area contributed by atoms with Crippen molar-refractivity contribution in [2.24, 2.45) is 0 Å². The average Bonchev–Trinajstić information content (AvgIpc) is 2.76. The third-order valence-electron chi connectivity index (χ3n) is 4.37. The van der Waals surface area contributed by atoms with E-state index in [-0.39, 0.29) is 4.70 Å². The van der Waals surface area contributed by atoms with Gasteiger partial charge in [0.15, 0.2) is 0 Å². The molecular weight excluding hydrogens is 225 g/mol. The normalized spacial score (nSPS) is 23.0. The van der Waals surface area contributed by atoms with E-state index in [2.05, 4.69) is 13.8 Å². The summed E-state index contributed by atoms with van der Waals surface area (Å²) in [5, 5.41) is 0. The molecule has 0 saturated carbocycles. The van der Waals surface area contributed by atoms with Gasteiger partial charge in [0.2, 0.25) is 0 Å². The Morgan fingerprint density at radius 1 is 0.889 bits per heavy atom. The summed E-state index contributed by atoms with van der Waals surface area (Å²) in [5.74, 6) is 0. The van der Waals surface area contributed by atoms with Crippen LogP contribution in [0.15, 0.2) is 0 Å². The van der Waals surface area contributed by atoms with Gasteiger partial charge in [0.25, 0.3) is 0 Å². The minimum Gasteiger partial charge on any atom is -1.00 e. The third-order valence-corrected chi connectivity index (χ3v) is 4.37. The molecule has 0 aromatic heterocycles. The fourth-order valence-corrected chi connectivity index (χ4v) is 3.32. The molecule has 1 N–H and O–H groups in total. The second-order valence-corrected chi connectivity index (χ2v) is 5.91. The maximum Gasteiger partial charge on any atom is 0.0876 e. The van der Waals surface area contributed by atoms with Gasteiger partial charge in [-0.05, 0) is 19.3 Å². The molecule has 1 aliphatic rings. The van der Waals surface area contributed by atoms with Gasteiger partial charge >= 0.3 is 0 Å². The Labute approximate surface area is 114 Å². The molecule has 18 heavy (non-hydrogen) atoms. The van der Waals surface area contributed by atoms with E-state index < -0.39 is 0 Å². The van der Waals surface area contributed by atoms with Crippen LogP contribution in [0, 0.1) is 0 Å². The minimum absolute atomic E-state index is 0. The standard InChI is InChI=1S/C16H33N.FH/c1-3-5-6-7-8-9-10-14-17-15-11-13-16(17)12-4-2;/h16H,3-15H2,1-2H3;1H. The average molecular weight is 259 g/mol. The number of hydrogen-bond acceptors (Lipinski definition) is 0. The lowest BCUT2D eigenvalue weighted by Gasteiger charge is -2.21. The van der Waals surface area contributed by atoms with Crippen molar-refractivity contribution in [2.75, 3.05) is 13.1 Å². The van der Waals surface area contributed by atoms with Gasteiger partial charge in [-0.2, -0.15) is 0 Å². The highest BCUT2D eigenvalue weighted by Crippen LogP contribution is 2.08. The fraction of sp³-hybridized carbons (Fsp3) is 1.00. The van der Waals surface area contributed by atoms with E-state index in [4.69, 9.17) is 0 Å². The lowest BCUT2D eigenvalue weighted by molar-refractivity contribution is -0.912. The Bertz CT molecular complexity index is 172. The molecule has 2 atom stereocenters. The summed E-state index contributed by atoms with van der Waals surface area (Å²) in [5.41, 5.74) is 0. The van der Waals surface area contributed by atoms with E-state index in [1.807, 2.05) is 4.90 Å². The second-order valence-electron chi connectivity index (χ2n) is 5.91. The topological polar surface area (TPSA) is 4.44 Å². The van der Waals surface area contributed by atoms with Crippen LogP contribution in [-0.4, -0.2) is 19.1 Å². The molecule has 1 saturated heterocycles. The molecule has 2 unspecified atom stereocenters. The van der Waals surface area contributed by atoms with Crippen LogP contribution >= 0.6 is 0 Å². The number of unbranched alkanes of at least 4 members (excludes halogenated alkanes) is 6. The van der Waals surface area contributed by atoms with E-state index in [1.165, 1.54) is 83.7 Å². The maximum absolute atomic E-state index is 2.34. The minimum atomic E-state index is 0. The van der Waals surface area contributed by atoms with E-state index in [1.54, 1.807) is 0 Å². The zero-order valence-corrected chi connectivity index (χ0v) is 12.6. The Morgan fingerprint density at radius 2 is 1.56 bits per heavy atom. The quantitative estimate of drug-likeness (QED) is 0.548. The Morgan fingerprint density at radius 3 is 2.22 bits per heavy atom. The summed E-state index contributed by atoms with van der Waals surface area (Å²) in [6, 6.07) is 1.01. The second kappa shape index (κ2) is 12.0. The van der Waals surface area contributed by atoms with Crippen LogP contribution < -0.4 is 9.60 Å². The van der Waals surface area contributed by atoms with Gasteiger partial charge < -0.3 is 9.60 Å². The third kappa shape index (κ3) is 7.35. The summed E-state index contributed by atoms with van der Waals surface area (Å²) in [6.45, 7) is 7.55. The molecule has 110 valence electrons. The smallest absolute Gasteiger partial charge is 0.0876 e. The first kappa shape index (κ1) is 17.9. The summed E-state index contributed by atoms with van der Waals surface area (Å²) in [4.78, 5) is 1.93. The first-order valence-electron chi connectivity index (χ1n) is 8.23. The van der Waals surface area contributed by atoms with Gasteiger partial charge in [-0.1, -0.05) is 52.4 Å². The highest BCUT2D eigenvalue weighted by Gasteiger charge is 2.26. The lowest BCUT2D eigenvalue weighted by Crippen LogP contribution is -3.13. The van der Waals surface area contributed by atoms with Crippen molar-refractivity contribution in [3.63, 3.8) is 0 Å². The molecule has 0 amide bonds. The van der Waals surface area contributed by atoms with Crippen molar-refractivity contribution in [2.45, 2.75) is 90.5 Å². The van der Waals surface area contributed by atoms with Crippen LogP contribution in [0.25, 0.3) is 0 Å². The van der Waals surface area contributed by atoms with Gasteiger partial charge in [0.1, 0.15) is 0 Å². The van der Waals surface area contributed by atoms with Crippen LogP contribution in [0.1, 0.15) is 84.5 Å². The lowest BCUT2D eigenvalue weighted by atomic mass is 10.1. The molecule has 0 aliphatic carbocycles. The van der Waals surface area contributed by atoms with E-state index >= 15 is 0 Å². The summed E-state index contributed by atoms with van der Waals surface area (Å²) in [7, 11) is 0. The van der Waals surface area contributed by atoms with Crippen LogP contribution in [0.4, 0.5) is 0 Å². The van der Waals surface area contributed by atoms with Gasteiger partial charge in [-0.15, -0.1) is 0 Å². The summed E-state index contributed by atoms with van der Waals surface area (Å²) in [6.07, 6.45) is 16.0. The zero-order valence-electron chi connectivity index (χ0n) is 12.6. The molecule has 1 fully saturated rings. The number of quaternary nitrogens is 1. The number of hydrogen-bond donors (Lipinski definition) is 1. The number of nitrogens with one attached hydrogen (secondary N) is 1. The van der Waals surface area contributed by atoms with Crippen LogP contribution in [0.3, 0.4) is 0 Å². The van der Waals surface area contributed by atoms with Crippen molar-refractivity contribution in [1.82, 2.24) is 0 Å². The molecular formula is C16H34FN. The molecule has 2 heteroatoms. The highest BCUT2D eigenvalue weighted by molar-refractivity contribution is 4.61. The molecule has 1 nitrogen and oxygen atoms in total. The van der Waals surface area contributed by atoms with Gasteiger partial charge in [0.05, 0.1) is 19.1 Å². The van der Waals surface area contributed by atoms with Crippen LogP contribution in [0.5, 0.6) is 0 Å². The molecule has 1 aliphatic heterocycles. The van der Waals surface area contributed by atoms with Crippen LogP contribution in [0.2, 0.25) is 0 Å². The number of halogens is 1. The molecule has 0 aromatic rings. The first-order valence-corrected chi connectivity index (χ1v) is 8.23. The molecule has 0 bridgehead atoms. The molecule has 1 rings (SSSR count). The highest BCUT2D eigenvalue weighted by atomic mass is 19.0. The summed E-state index contributed by atoms with van der Waals surface area (Å²) >= 11 is 0. The van der Waals surface area contributed by atoms with E-state index in [0.717, 1.165) is 6.04 Å². The maximum atomic E-state index is 2.34. The number of rotatable bonds is 10. The predicted molar refractivity (Wildman–Crippen MR) is 76.6 cm³/mol. The van der Waals surface area contributed by atoms with Gasteiger partial charge in [-0.25, -0.2) is 0 Å². The van der Waals surface area contributed by atoms with E-state index in [9.17, 15) is 0 Å². The molecule has 0 spiro atoms. The molecule has 1 heterocycles. The first-order chi connectivity index (χ1) is 8.38. The number of likely N-dealkylation sites (tertiary alicyclic amines) is 1. The fourth-order valence-electron chi connectivity index (χ4n) is 3.32. The van der Waals surface area contributed by atoms with Gasteiger partial charge in [0, 0.05) is 12.8 Å². The monoisotopic (exact) mass is 259 g/mol. The van der Waals surface area contributed by atoms with Crippen molar-refractivity contribution in [3.05, 3.63) is 0 Å². The largest absolute Gasteiger partial charge is 1.00 e. The molecule has 0 radical (unpaired) electrons. The van der Waals surface area contributed by atoms with Crippen molar-refractivity contribution in [1.29, 1.82) is 0 Å². The summed E-state index contributed by atoms with van der Waals surface area (Å²) < 4.78 is 0. The molecule has 0 aromatic carbocycles. The van der Waals surface area contributed by atoms with Gasteiger partial charge in [-0.3, -0.25) is 0 Å². The van der Waals surface area contributed by atoms with Crippen molar-refractivity contribution in [3.8, 4) is 0 Å². The SMILES string of the molecule is CCCCCCCCC[NH+]1CCCC1CCC.[F-]. The van der Waals surface area contributed by atoms with E-state index in [0.29, 0.717) is 0 Å². The Balaban J connectivity index is 0.00000289. The Kier molecular flexibility index (Phi) is 11.9. The van der Waals surface area contributed by atoms with Crippen molar-refractivity contribution >= 4 is 0 Å². The van der Waals surface area contributed by atoms with Crippen LogP contribution in [-0.2, 0) is 0 Å². The predicted octanol–water partition coefficient (Wildman–Crippen LogP) is 0.588.